The van der Waals surface area contributed by atoms with Crippen LogP contribution in [0.3, 0.4) is 0 Å². The Morgan fingerprint density at radius 3 is 1.03 bits per heavy atom. The molecule has 0 bridgehead atoms. The SMILES string of the molecule is C=CCc1ccc2ccccc2[n+]1CC(=O)c1ccccc1.Fc1c(F)c(F)c([B-](c2c(F)c(F)c(F)c(F)c2F)(c2c(F)c(F)c(F)c(F)c2F)c2c(F)c(F)c(F)c(F)c2F)c(F)c1F. The minimum Gasteiger partial charge on any atom is -0.287 e. The van der Waals surface area contributed by atoms with Crippen molar-refractivity contribution in [2.24, 2.45) is 0 Å². The first-order valence-electron chi connectivity index (χ1n) is 18.3. The molecule has 0 unspecified atom stereocenters. The average Bonchev–Trinajstić information content (AvgIpc) is 3.32. The Bertz CT molecular complexity index is 2800. The van der Waals surface area contributed by atoms with Crippen molar-refractivity contribution in [1.29, 1.82) is 0 Å². The summed E-state index contributed by atoms with van der Waals surface area (Å²) in [7, 11) is 0. The van der Waals surface area contributed by atoms with Crippen LogP contribution in [-0.4, -0.2) is 11.9 Å². The summed E-state index contributed by atoms with van der Waals surface area (Å²) < 4.78 is 296. The minimum atomic E-state index is -7.22. The van der Waals surface area contributed by atoms with Crippen molar-refractivity contribution in [3.05, 3.63) is 207 Å². The second-order valence-corrected chi connectivity index (χ2v) is 14.1. The van der Waals surface area contributed by atoms with E-state index in [1.807, 2.05) is 48.5 Å². The van der Waals surface area contributed by atoms with Crippen LogP contribution in [0.1, 0.15) is 16.1 Å². The van der Waals surface area contributed by atoms with Gasteiger partial charge in [-0.2, -0.15) is 4.57 Å². The number of pyridine rings is 1. The van der Waals surface area contributed by atoms with E-state index in [0.29, 0.717) is 6.54 Å². The topological polar surface area (TPSA) is 20.9 Å². The summed E-state index contributed by atoms with van der Waals surface area (Å²) >= 11 is 0. The number of aromatic nitrogens is 1. The molecule has 0 fully saturated rings. The molecule has 348 valence electrons. The third kappa shape index (κ3) is 7.82. The van der Waals surface area contributed by atoms with Gasteiger partial charge in [0.1, 0.15) is 52.7 Å². The van der Waals surface area contributed by atoms with E-state index in [9.17, 15) is 57.5 Å². The number of carbonyl (C=O) groups excluding carboxylic acids is 1. The number of ketones is 1. The highest BCUT2D eigenvalue weighted by molar-refractivity contribution is 7.20. The number of halogens is 20. The van der Waals surface area contributed by atoms with Crippen molar-refractivity contribution in [3.63, 3.8) is 0 Å². The molecule has 7 aromatic rings. The quantitative estimate of drug-likeness (QED) is 0.0269. The van der Waals surface area contributed by atoms with Crippen molar-refractivity contribution in [2.75, 3.05) is 0 Å². The number of rotatable bonds is 9. The lowest BCUT2D eigenvalue weighted by Gasteiger charge is -2.44. The summed E-state index contributed by atoms with van der Waals surface area (Å²) in [6, 6.07) is 21.7. The van der Waals surface area contributed by atoms with Gasteiger partial charge in [-0.15, -0.1) is 28.4 Å². The number of benzene rings is 6. The zero-order valence-corrected chi connectivity index (χ0v) is 32.5. The number of Topliss-reactive ketones (excluding diaryl/α,β-unsaturated/α-hetero) is 1. The number of hydrogen-bond donors (Lipinski definition) is 0. The number of fused-ring (bicyclic) bond motifs is 1. The monoisotopic (exact) mass is 967 g/mol. The van der Waals surface area contributed by atoms with E-state index in [4.69, 9.17) is 0 Å². The Morgan fingerprint density at radius 1 is 0.403 bits per heavy atom. The Morgan fingerprint density at radius 2 is 0.701 bits per heavy atom. The zero-order chi connectivity index (χ0) is 49.7. The first-order valence-corrected chi connectivity index (χ1v) is 18.3. The van der Waals surface area contributed by atoms with Gasteiger partial charge in [-0.25, -0.2) is 87.8 Å². The molecule has 0 aliphatic rings. The first-order chi connectivity index (χ1) is 31.5. The van der Waals surface area contributed by atoms with Gasteiger partial charge >= 0.3 is 0 Å². The van der Waals surface area contributed by atoms with Crippen LogP contribution in [-0.2, 0) is 13.0 Å². The summed E-state index contributed by atoms with van der Waals surface area (Å²) in [6.07, 6.45) is -4.61. The molecule has 23 heteroatoms. The van der Waals surface area contributed by atoms with E-state index in [0.717, 1.165) is 28.6 Å². The van der Waals surface area contributed by atoms with Gasteiger partial charge in [0.25, 0.3) is 0 Å². The highest BCUT2D eigenvalue weighted by Crippen LogP contribution is 2.31. The zero-order valence-electron chi connectivity index (χ0n) is 32.5. The van der Waals surface area contributed by atoms with Crippen LogP contribution >= 0.6 is 0 Å². The summed E-state index contributed by atoms with van der Waals surface area (Å²) in [5.74, 6) is -71.3. The first kappa shape index (κ1) is 49.2. The van der Waals surface area contributed by atoms with E-state index in [1.54, 1.807) is 0 Å². The highest BCUT2D eigenvalue weighted by atomic mass is 19.2. The predicted molar refractivity (Wildman–Crippen MR) is 198 cm³/mol. The lowest BCUT2D eigenvalue weighted by Crippen LogP contribution is -2.81. The number of nitrogens with zero attached hydrogens (tertiary/aromatic N) is 1. The smallest absolute Gasteiger partial charge is 0.227 e. The van der Waals surface area contributed by atoms with Crippen LogP contribution < -0.4 is 26.4 Å². The molecule has 0 saturated heterocycles. The lowest BCUT2D eigenvalue weighted by atomic mass is 9.12. The van der Waals surface area contributed by atoms with E-state index >= 15 is 35.1 Å². The van der Waals surface area contributed by atoms with E-state index in [-0.39, 0.29) is 5.78 Å². The van der Waals surface area contributed by atoms with Gasteiger partial charge < -0.3 is 0 Å². The third-order valence-corrected chi connectivity index (χ3v) is 10.5. The number of hydrogen-bond acceptors (Lipinski definition) is 1. The Kier molecular flexibility index (Phi) is 13.7. The Labute approximate surface area is 361 Å². The molecule has 1 heterocycles. The van der Waals surface area contributed by atoms with Crippen molar-refractivity contribution < 1.29 is 97.2 Å². The van der Waals surface area contributed by atoms with Crippen molar-refractivity contribution in [2.45, 2.75) is 13.0 Å². The molecule has 0 atom stereocenters. The molecule has 7 rings (SSSR count). The molecule has 0 spiro atoms. The number of allylic oxidation sites excluding steroid dienone is 1. The van der Waals surface area contributed by atoms with Gasteiger partial charge in [0.15, 0.2) is 75.5 Å². The molecule has 0 amide bonds. The predicted octanol–water partition coefficient (Wildman–Crippen LogP) is 9.58. The second kappa shape index (κ2) is 18.6. The lowest BCUT2D eigenvalue weighted by molar-refractivity contribution is -0.664. The highest BCUT2D eigenvalue weighted by Gasteiger charge is 2.52. The molecule has 1 aromatic heterocycles. The molecular weight excluding hydrogens is 949 g/mol. The van der Waals surface area contributed by atoms with Crippen LogP contribution in [0.2, 0.25) is 0 Å². The van der Waals surface area contributed by atoms with E-state index in [1.165, 1.54) is 0 Å². The van der Waals surface area contributed by atoms with Crippen LogP contribution in [0.4, 0.5) is 87.8 Å². The van der Waals surface area contributed by atoms with Crippen LogP contribution in [0.25, 0.3) is 10.9 Å². The summed E-state index contributed by atoms with van der Waals surface area (Å²) in [6.45, 7) is 4.16. The van der Waals surface area contributed by atoms with Gasteiger partial charge in [0, 0.05) is 23.1 Å². The molecule has 0 radical (unpaired) electrons. The maximum atomic E-state index is 15.4. The molecule has 0 aliphatic carbocycles. The summed E-state index contributed by atoms with van der Waals surface area (Å²) in [5.41, 5.74) is -11.4. The molecule has 0 saturated carbocycles. The molecule has 67 heavy (non-hydrogen) atoms. The second-order valence-electron chi connectivity index (χ2n) is 14.1. The standard InChI is InChI=1S/C24BF20.C20H18NO/c26-5-1(6(27)14(35)21(42)13(5)34)25(2-7(28)15(36)22(43)16(37)8(2)29,3-9(30)17(38)23(44)18(39)10(3)31)4-11(32)19(40)24(45)20(41)12(4)33;1-2-8-18-14-13-16-9-6-7-12-19(16)21(18)15-20(22)17-10-4-3-5-11-17/h;2-7,9-14H,1,8,15H2/q-1;+1. The fourth-order valence-corrected chi connectivity index (χ4v) is 7.55. The largest absolute Gasteiger partial charge is 0.287 e. The van der Waals surface area contributed by atoms with Gasteiger partial charge in [0.05, 0.1) is 6.42 Å². The van der Waals surface area contributed by atoms with Gasteiger partial charge in [0.2, 0.25) is 17.8 Å². The van der Waals surface area contributed by atoms with Gasteiger partial charge in [-0.05, 0) is 12.1 Å². The number of para-hydroxylation sites is 1. The van der Waals surface area contributed by atoms with Crippen molar-refractivity contribution in [3.8, 4) is 0 Å². The average molecular weight is 967 g/mol. The van der Waals surface area contributed by atoms with E-state index < -0.39 is 144 Å². The van der Waals surface area contributed by atoms with Crippen LogP contribution in [0.5, 0.6) is 0 Å². The van der Waals surface area contributed by atoms with E-state index in [2.05, 4.69) is 35.4 Å². The molecular formula is C44H18BF20NO. The summed E-state index contributed by atoms with van der Waals surface area (Å²) in [4.78, 5) is 12.6. The molecule has 2 nitrogen and oxygen atoms in total. The normalized spacial score (nSPS) is 11.5. The number of carbonyl (C=O) groups is 1. The van der Waals surface area contributed by atoms with Crippen molar-refractivity contribution in [1.82, 2.24) is 0 Å². The fourth-order valence-electron chi connectivity index (χ4n) is 7.55. The maximum Gasteiger partial charge on any atom is 0.227 e. The Balaban J connectivity index is 0.000000279. The van der Waals surface area contributed by atoms with Gasteiger partial charge in [-0.3, -0.25) is 4.79 Å². The minimum absolute atomic E-state index is 0.118. The van der Waals surface area contributed by atoms with Crippen LogP contribution in [0.15, 0.2) is 79.4 Å². The van der Waals surface area contributed by atoms with Crippen LogP contribution in [0, 0.1) is 116 Å². The fraction of sp³-hybridized carbons (Fsp3) is 0.0455. The molecule has 0 N–H and O–H groups in total. The summed E-state index contributed by atoms with van der Waals surface area (Å²) in [5, 5.41) is 1.14. The molecule has 0 aliphatic heterocycles. The van der Waals surface area contributed by atoms with Crippen molar-refractivity contribution >= 4 is 44.7 Å². The van der Waals surface area contributed by atoms with Gasteiger partial charge in [-0.1, -0.05) is 48.5 Å². The Hall–Kier alpha value is -7.20. The third-order valence-electron chi connectivity index (χ3n) is 10.5. The maximum absolute atomic E-state index is 15.4. The molecule has 6 aromatic carbocycles.